The van der Waals surface area contributed by atoms with Crippen LogP contribution in [0.5, 0.6) is 0 Å². The van der Waals surface area contributed by atoms with E-state index in [9.17, 15) is 4.79 Å². The summed E-state index contributed by atoms with van der Waals surface area (Å²) < 4.78 is 4.79. The van der Waals surface area contributed by atoms with Crippen molar-refractivity contribution in [3.05, 3.63) is 23.3 Å². The Hall–Kier alpha value is -1.56. The van der Waals surface area contributed by atoms with Crippen LogP contribution in [0.1, 0.15) is 26.2 Å². The quantitative estimate of drug-likeness (QED) is 0.381. The van der Waals surface area contributed by atoms with Crippen molar-refractivity contribution in [1.82, 2.24) is 0 Å². The highest BCUT2D eigenvalue weighted by molar-refractivity contribution is 5.94. The average molecular weight is 191 g/mol. The summed E-state index contributed by atoms with van der Waals surface area (Å²) in [6, 6.07) is 1.91. The monoisotopic (exact) mass is 191 g/mol. The van der Waals surface area contributed by atoms with Gasteiger partial charge in [0.15, 0.2) is 0 Å². The Balaban J connectivity index is 2.89. The van der Waals surface area contributed by atoms with E-state index in [1.807, 2.05) is 18.2 Å². The molecule has 0 aliphatic heterocycles. The third kappa shape index (κ3) is 2.46. The van der Waals surface area contributed by atoms with Crippen molar-refractivity contribution >= 4 is 5.97 Å². The Morgan fingerprint density at radius 1 is 1.71 bits per heavy atom. The Morgan fingerprint density at radius 2 is 2.50 bits per heavy atom. The molecule has 0 spiro atoms. The van der Waals surface area contributed by atoms with Crippen LogP contribution in [0.3, 0.4) is 0 Å². The van der Waals surface area contributed by atoms with Crippen LogP contribution >= 0.6 is 0 Å². The van der Waals surface area contributed by atoms with E-state index in [0.717, 1.165) is 24.8 Å². The Labute approximate surface area is 83.7 Å². The Bertz CT molecular complexity index is 321. The lowest BCUT2D eigenvalue weighted by Gasteiger charge is -2.09. The van der Waals surface area contributed by atoms with E-state index in [2.05, 4.69) is 0 Å². The first-order valence-corrected chi connectivity index (χ1v) is 4.76. The first-order valence-electron chi connectivity index (χ1n) is 4.76. The van der Waals surface area contributed by atoms with Crippen LogP contribution in [-0.2, 0) is 9.53 Å². The number of hydrogen-bond donors (Lipinski definition) is 0. The molecule has 0 atom stereocenters. The molecule has 0 aromatic heterocycles. The summed E-state index contributed by atoms with van der Waals surface area (Å²) in [5, 5.41) is 8.83. The third-order valence-corrected chi connectivity index (χ3v) is 2.05. The van der Waals surface area contributed by atoms with Gasteiger partial charge in [-0.25, -0.2) is 4.79 Å². The molecule has 0 heterocycles. The normalized spacial score (nSPS) is 18.6. The van der Waals surface area contributed by atoms with Crippen LogP contribution < -0.4 is 0 Å². The van der Waals surface area contributed by atoms with Gasteiger partial charge in [-0.3, -0.25) is 0 Å². The minimum absolute atomic E-state index is 0.155. The molecule has 0 fully saturated rings. The van der Waals surface area contributed by atoms with Gasteiger partial charge in [-0.05, 0) is 31.8 Å². The minimum atomic E-state index is -0.503. The second-order valence-electron chi connectivity index (χ2n) is 3.03. The van der Waals surface area contributed by atoms with E-state index >= 15 is 0 Å². The van der Waals surface area contributed by atoms with E-state index in [4.69, 9.17) is 10.00 Å². The number of esters is 1. The number of carbonyl (C=O) groups is 1. The van der Waals surface area contributed by atoms with Gasteiger partial charge in [0.25, 0.3) is 0 Å². The molecule has 0 bridgehead atoms. The van der Waals surface area contributed by atoms with E-state index in [1.165, 1.54) is 0 Å². The van der Waals surface area contributed by atoms with Crippen LogP contribution in [0, 0.1) is 11.3 Å². The van der Waals surface area contributed by atoms with Crippen LogP contribution in [0.4, 0.5) is 0 Å². The van der Waals surface area contributed by atoms with E-state index in [1.54, 1.807) is 6.92 Å². The molecule has 3 nitrogen and oxygen atoms in total. The van der Waals surface area contributed by atoms with Crippen molar-refractivity contribution in [1.29, 1.82) is 5.26 Å². The molecule has 0 aromatic carbocycles. The number of carbonyl (C=O) groups excluding carboxylic acids is 1. The van der Waals surface area contributed by atoms with E-state index in [-0.39, 0.29) is 5.57 Å². The molecule has 0 aromatic rings. The number of nitrogens with zero attached hydrogens (tertiary/aromatic N) is 1. The number of rotatable bonds is 2. The van der Waals surface area contributed by atoms with Gasteiger partial charge in [0.1, 0.15) is 11.6 Å². The molecular weight excluding hydrogens is 178 g/mol. The Morgan fingerprint density at radius 3 is 3.00 bits per heavy atom. The number of nitriles is 1. The van der Waals surface area contributed by atoms with Gasteiger partial charge in [0.2, 0.25) is 0 Å². The second-order valence-corrected chi connectivity index (χ2v) is 3.03. The fourth-order valence-electron chi connectivity index (χ4n) is 1.38. The van der Waals surface area contributed by atoms with Crippen molar-refractivity contribution in [2.75, 3.05) is 6.61 Å². The fourth-order valence-corrected chi connectivity index (χ4v) is 1.38. The number of ether oxygens (including phenoxy) is 1. The third-order valence-electron chi connectivity index (χ3n) is 2.05. The summed E-state index contributed by atoms with van der Waals surface area (Å²) in [6.07, 6.45) is 6.63. The van der Waals surface area contributed by atoms with Gasteiger partial charge >= 0.3 is 5.97 Å². The zero-order valence-electron chi connectivity index (χ0n) is 8.25. The largest absolute Gasteiger partial charge is 0.462 e. The van der Waals surface area contributed by atoms with Gasteiger partial charge in [-0.2, -0.15) is 5.26 Å². The maximum atomic E-state index is 11.3. The SMILES string of the molecule is CCOC(=O)/C(C#N)=C1\C=CCCC1. The van der Waals surface area contributed by atoms with E-state index in [0.29, 0.717) is 6.61 Å². The molecule has 3 heteroatoms. The van der Waals surface area contributed by atoms with Crippen LogP contribution in [-0.4, -0.2) is 12.6 Å². The molecule has 1 aliphatic rings. The number of hydrogen-bond acceptors (Lipinski definition) is 3. The lowest BCUT2D eigenvalue weighted by Crippen LogP contribution is -2.09. The van der Waals surface area contributed by atoms with Gasteiger partial charge in [0, 0.05) is 0 Å². The van der Waals surface area contributed by atoms with Crippen LogP contribution in [0.25, 0.3) is 0 Å². The second kappa shape index (κ2) is 5.23. The number of allylic oxidation sites excluding steroid dienone is 3. The molecule has 0 saturated carbocycles. The highest BCUT2D eigenvalue weighted by Gasteiger charge is 2.15. The van der Waals surface area contributed by atoms with Crippen molar-refractivity contribution < 1.29 is 9.53 Å². The minimum Gasteiger partial charge on any atom is -0.462 e. The van der Waals surface area contributed by atoms with Crippen molar-refractivity contribution in [3.63, 3.8) is 0 Å². The van der Waals surface area contributed by atoms with Gasteiger partial charge in [-0.15, -0.1) is 0 Å². The molecule has 0 N–H and O–H groups in total. The summed E-state index contributed by atoms with van der Waals surface area (Å²) >= 11 is 0. The van der Waals surface area contributed by atoms with Crippen LogP contribution in [0.2, 0.25) is 0 Å². The molecule has 74 valence electrons. The molecule has 1 rings (SSSR count). The summed E-state index contributed by atoms with van der Waals surface area (Å²) in [4.78, 5) is 11.3. The zero-order chi connectivity index (χ0) is 10.4. The summed E-state index contributed by atoms with van der Waals surface area (Å²) in [5.74, 6) is -0.503. The predicted octanol–water partition coefficient (Wildman–Crippen LogP) is 2.11. The fraction of sp³-hybridized carbons (Fsp3) is 0.455. The maximum absolute atomic E-state index is 11.3. The highest BCUT2D eigenvalue weighted by atomic mass is 16.5. The topological polar surface area (TPSA) is 50.1 Å². The summed E-state index contributed by atoms with van der Waals surface area (Å²) in [5.41, 5.74) is 0.958. The zero-order valence-corrected chi connectivity index (χ0v) is 8.25. The first-order chi connectivity index (χ1) is 6.79. The van der Waals surface area contributed by atoms with Crippen molar-refractivity contribution in [2.45, 2.75) is 26.2 Å². The molecule has 14 heavy (non-hydrogen) atoms. The summed E-state index contributed by atoms with van der Waals surface area (Å²) in [6.45, 7) is 2.04. The molecule has 0 unspecified atom stereocenters. The van der Waals surface area contributed by atoms with Gasteiger partial charge < -0.3 is 4.74 Å². The standard InChI is InChI=1S/C11H13NO2/c1-2-14-11(13)10(8-12)9-6-4-3-5-7-9/h4,6H,2-3,5,7H2,1H3/b10-9+. The molecule has 0 radical (unpaired) electrons. The molecule has 0 amide bonds. The smallest absolute Gasteiger partial charge is 0.349 e. The highest BCUT2D eigenvalue weighted by Crippen LogP contribution is 2.20. The first kappa shape index (κ1) is 10.5. The van der Waals surface area contributed by atoms with Crippen molar-refractivity contribution in [3.8, 4) is 6.07 Å². The maximum Gasteiger partial charge on any atom is 0.349 e. The molecule has 1 aliphatic carbocycles. The lowest BCUT2D eigenvalue weighted by atomic mass is 9.97. The van der Waals surface area contributed by atoms with Gasteiger partial charge in [0.05, 0.1) is 6.61 Å². The van der Waals surface area contributed by atoms with Gasteiger partial charge in [-0.1, -0.05) is 12.2 Å². The average Bonchev–Trinajstić information content (AvgIpc) is 2.21. The molecular formula is C11H13NO2. The summed E-state index contributed by atoms with van der Waals surface area (Å²) in [7, 11) is 0. The van der Waals surface area contributed by atoms with Crippen LogP contribution in [0.15, 0.2) is 23.3 Å². The molecule has 0 saturated heterocycles. The Kier molecular flexibility index (Phi) is 3.93. The van der Waals surface area contributed by atoms with Crippen molar-refractivity contribution in [2.24, 2.45) is 0 Å². The lowest BCUT2D eigenvalue weighted by molar-refractivity contribution is -0.138. The predicted molar refractivity (Wildman–Crippen MR) is 52.3 cm³/mol. The van der Waals surface area contributed by atoms with E-state index < -0.39 is 5.97 Å².